The summed E-state index contributed by atoms with van der Waals surface area (Å²) in [5.74, 6) is 0.272. The normalized spacial score (nSPS) is 10.2. The van der Waals surface area contributed by atoms with Crippen molar-refractivity contribution in [2.45, 2.75) is 0 Å². The Morgan fingerprint density at radius 1 is 1.47 bits per heavy atom. The fourth-order valence-corrected chi connectivity index (χ4v) is 1.38. The molecule has 2 aromatic rings. The van der Waals surface area contributed by atoms with E-state index in [1.54, 1.807) is 31.4 Å². The molecule has 0 fully saturated rings. The Balaban J connectivity index is 2.33. The highest BCUT2D eigenvalue weighted by molar-refractivity contribution is 6.29. The second-order valence-corrected chi connectivity index (χ2v) is 3.47. The topological polar surface area (TPSA) is 65.2 Å². The van der Waals surface area contributed by atoms with Crippen LogP contribution in [0.3, 0.4) is 0 Å². The van der Waals surface area contributed by atoms with Crippen molar-refractivity contribution in [1.29, 1.82) is 0 Å². The van der Waals surface area contributed by atoms with Gasteiger partial charge in [0.1, 0.15) is 5.75 Å². The Bertz CT molecular complexity index is 539. The van der Waals surface area contributed by atoms with Crippen LogP contribution < -0.4 is 4.74 Å². The molecule has 1 aromatic heterocycles. The number of ether oxygens (including phenoxy) is 1. The van der Waals surface area contributed by atoms with Crippen molar-refractivity contribution in [3.05, 3.63) is 30.2 Å². The lowest BCUT2D eigenvalue weighted by atomic mass is 10.2. The number of ketones is 1. The average Bonchev–Trinajstić information content (AvgIpc) is 2.87. The summed E-state index contributed by atoms with van der Waals surface area (Å²) in [6.07, 6.45) is 0. The minimum atomic E-state index is -0.395. The van der Waals surface area contributed by atoms with Crippen LogP contribution >= 0.6 is 11.6 Å². The number of carbonyl (C=O) groups is 1. The Morgan fingerprint density at radius 3 is 3.00 bits per heavy atom. The third kappa shape index (κ3) is 2.45. The van der Waals surface area contributed by atoms with Crippen molar-refractivity contribution >= 4 is 17.4 Å². The molecule has 0 radical (unpaired) electrons. The third-order valence-electron chi connectivity index (χ3n) is 2.10. The Kier molecular flexibility index (Phi) is 3.39. The van der Waals surface area contributed by atoms with Gasteiger partial charge in [-0.05, 0) is 18.2 Å². The van der Waals surface area contributed by atoms with Crippen molar-refractivity contribution < 1.29 is 13.9 Å². The Morgan fingerprint density at radius 2 is 2.29 bits per heavy atom. The van der Waals surface area contributed by atoms with Gasteiger partial charge in [-0.2, -0.15) is 0 Å². The zero-order chi connectivity index (χ0) is 12.3. The minimum Gasteiger partial charge on any atom is -0.497 e. The zero-order valence-corrected chi connectivity index (χ0v) is 9.77. The molecule has 2 rings (SSSR count). The molecule has 0 aliphatic carbocycles. The summed E-state index contributed by atoms with van der Waals surface area (Å²) in [5.41, 5.74) is 0.686. The molecule has 0 saturated carbocycles. The van der Waals surface area contributed by atoms with E-state index in [0.29, 0.717) is 11.3 Å². The fraction of sp³-hybridized carbons (Fsp3) is 0.182. The van der Waals surface area contributed by atoms with Gasteiger partial charge < -0.3 is 9.15 Å². The number of alkyl halides is 1. The van der Waals surface area contributed by atoms with Gasteiger partial charge in [-0.3, -0.25) is 4.79 Å². The molecule has 1 aromatic carbocycles. The van der Waals surface area contributed by atoms with Crippen LogP contribution in [-0.4, -0.2) is 29.0 Å². The molecule has 17 heavy (non-hydrogen) atoms. The molecule has 0 atom stereocenters. The summed E-state index contributed by atoms with van der Waals surface area (Å²) in [4.78, 5) is 11.2. The first-order chi connectivity index (χ1) is 8.24. The highest BCUT2D eigenvalue weighted by atomic mass is 35.5. The molecule has 88 valence electrons. The Hall–Kier alpha value is -1.88. The number of Topliss-reactive ketones (excluding diaryl/α,β-unsaturated/α-hetero) is 1. The summed E-state index contributed by atoms with van der Waals surface area (Å²) in [5, 5.41) is 7.41. The average molecular weight is 253 g/mol. The van der Waals surface area contributed by atoms with E-state index in [0.717, 1.165) is 0 Å². The number of aromatic nitrogens is 2. The summed E-state index contributed by atoms with van der Waals surface area (Å²) in [6, 6.07) is 7.11. The molecule has 0 saturated heterocycles. The molecule has 0 unspecified atom stereocenters. The molecule has 0 bridgehead atoms. The summed E-state index contributed by atoms with van der Waals surface area (Å²) in [6.45, 7) is 0. The quantitative estimate of drug-likeness (QED) is 0.616. The molecule has 0 spiro atoms. The molecular weight excluding hydrogens is 244 g/mol. The van der Waals surface area contributed by atoms with Gasteiger partial charge in [-0.1, -0.05) is 6.07 Å². The van der Waals surface area contributed by atoms with E-state index in [1.165, 1.54) is 0 Å². The molecule has 6 heteroatoms. The standard InChI is InChI=1S/C11H9ClN2O3/c1-16-8-4-2-3-7(5-8)10-13-14-11(17-10)9(15)6-12/h2-5H,6H2,1H3. The van der Waals surface area contributed by atoms with Gasteiger partial charge in [0.2, 0.25) is 11.7 Å². The maximum Gasteiger partial charge on any atom is 0.285 e. The number of methoxy groups -OCH3 is 1. The van der Waals surface area contributed by atoms with Crippen molar-refractivity contribution in [1.82, 2.24) is 10.2 Å². The molecule has 1 heterocycles. The van der Waals surface area contributed by atoms with E-state index in [4.69, 9.17) is 20.8 Å². The van der Waals surface area contributed by atoms with Gasteiger partial charge in [0.25, 0.3) is 5.89 Å². The first-order valence-electron chi connectivity index (χ1n) is 4.81. The lowest BCUT2D eigenvalue weighted by Gasteiger charge is -1.99. The molecule has 0 amide bonds. The predicted molar refractivity (Wildman–Crippen MR) is 61.3 cm³/mol. The van der Waals surface area contributed by atoms with Crippen LogP contribution in [0.5, 0.6) is 5.75 Å². The van der Waals surface area contributed by atoms with E-state index < -0.39 is 5.78 Å². The molecule has 0 aliphatic rings. The van der Waals surface area contributed by atoms with Crippen LogP contribution in [0, 0.1) is 0 Å². The molecule has 5 nitrogen and oxygen atoms in total. The number of carbonyl (C=O) groups excluding carboxylic acids is 1. The summed E-state index contributed by atoms with van der Waals surface area (Å²) >= 11 is 5.39. The smallest absolute Gasteiger partial charge is 0.285 e. The van der Waals surface area contributed by atoms with Crippen molar-refractivity contribution in [2.75, 3.05) is 13.0 Å². The predicted octanol–water partition coefficient (Wildman–Crippen LogP) is 2.17. The van der Waals surface area contributed by atoms with Crippen molar-refractivity contribution in [2.24, 2.45) is 0 Å². The van der Waals surface area contributed by atoms with Crippen molar-refractivity contribution in [3.8, 4) is 17.2 Å². The number of hydrogen-bond donors (Lipinski definition) is 0. The number of hydrogen-bond acceptors (Lipinski definition) is 5. The van der Waals surface area contributed by atoms with E-state index in [-0.39, 0.29) is 17.7 Å². The van der Waals surface area contributed by atoms with E-state index >= 15 is 0 Å². The summed E-state index contributed by atoms with van der Waals surface area (Å²) in [7, 11) is 1.56. The van der Waals surface area contributed by atoms with E-state index in [1.807, 2.05) is 0 Å². The second kappa shape index (κ2) is 4.97. The lowest BCUT2D eigenvalue weighted by molar-refractivity contribution is 0.0985. The van der Waals surface area contributed by atoms with Crippen LogP contribution in [-0.2, 0) is 0 Å². The van der Waals surface area contributed by atoms with Crippen LogP contribution in [0.4, 0.5) is 0 Å². The number of nitrogens with zero attached hydrogens (tertiary/aromatic N) is 2. The molecule has 0 aliphatic heterocycles. The molecular formula is C11H9ClN2O3. The molecule has 0 N–H and O–H groups in total. The van der Waals surface area contributed by atoms with Crippen LogP contribution in [0.2, 0.25) is 0 Å². The van der Waals surface area contributed by atoms with Gasteiger partial charge in [0.15, 0.2) is 0 Å². The summed E-state index contributed by atoms with van der Waals surface area (Å²) < 4.78 is 10.3. The van der Waals surface area contributed by atoms with Gasteiger partial charge in [0.05, 0.1) is 13.0 Å². The lowest BCUT2D eigenvalue weighted by Crippen LogP contribution is -1.99. The maximum absolute atomic E-state index is 11.2. The Labute approximate surface area is 102 Å². The third-order valence-corrected chi connectivity index (χ3v) is 2.34. The maximum atomic E-state index is 11.2. The monoisotopic (exact) mass is 252 g/mol. The van der Waals surface area contributed by atoms with E-state index in [9.17, 15) is 4.79 Å². The van der Waals surface area contributed by atoms with Crippen LogP contribution in [0.15, 0.2) is 28.7 Å². The SMILES string of the molecule is COc1cccc(-c2nnc(C(=O)CCl)o2)c1. The highest BCUT2D eigenvalue weighted by Gasteiger charge is 2.14. The largest absolute Gasteiger partial charge is 0.497 e. The first kappa shape index (κ1) is 11.6. The van der Waals surface area contributed by atoms with Gasteiger partial charge in [0, 0.05) is 5.56 Å². The van der Waals surface area contributed by atoms with E-state index in [2.05, 4.69) is 10.2 Å². The van der Waals surface area contributed by atoms with Gasteiger partial charge in [-0.15, -0.1) is 21.8 Å². The number of rotatable bonds is 4. The van der Waals surface area contributed by atoms with Gasteiger partial charge >= 0.3 is 0 Å². The van der Waals surface area contributed by atoms with Crippen LogP contribution in [0.25, 0.3) is 11.5 Å². The second-order valence-electron chi connectivity index (χ2n) is 3.20. The minimum absolute atomic E-state index is 0.0854. The van der Waals surface area contributed by atoms with Crippen LogP contribution in [0.1, 0.15) is 10.7 Å². The number of halogens is 1. The van der Waals surface area contributed by atoms with Gasteiger partial charge in [-0.25, -0.2) is 0 Å². The zero-order valence-electron chi connectivity index (χ0n) is 9.01. The number of benzene rings is 1. The fourth-order valence-electron chi connectivity index (χ4n) is 1.27. The first-order valence-corrected chi connectivity index (χ1v) is 5.35. The van der Waals surface area contributed by atoms with Crippen molar-refractivity contribution in [3.63, 3.8) is 0 Å². The highest BCUT2D eigenvalue weighted by Crippen LogP contribution is 2.22.